The first-order valence-electron chi connectivity index (χ1n) is 9.71. The number of rotatable bonds is 7. The van der Waals surface area contributed by atoms with Gasteiger partial charge in [-0.2, -0.15) is 0 Å². The van der Waals surface area contributed by atoms with Crippen LogP contribution in [0, 0.1) is 5.92 Å². The molecule has 3 rings (SSSR count). The molecule has 6 heteroatoms. The van der Waals surface area contributed by atoms with Crippen LogP contribution in [0.3, 0.4) is 0 Å². The highest BCUT2D eigenvalue weighted by Crippen LogP contribution is 2.24. The van der Waals surface area contributed by atoms with E-state index in [-0.39, 0.29) is 6.03 Å². The van der Waals surface area contributed by atoms with Gasteiger partial charge in [0.05, 0.1) is 7.11 Å². The first kappa shape index (κ1) is 20.6. The Balaban J connectivity index is 1.38. The van der Waals surface area contributed by atoms with Crippen LogP contribution < -0.4 is 15.4 Å². The molecule has 150 valence electrons. The number of urea groups is 1. The van der Waals surface area contributed by atoms with Gasteiger partial charge in [-0.1, -0.05) is 18.2 Å². The summed E-state index contributed by atoms with van der Waals surface area (Å²) in [5.74, 6) is 1.31. The highest BCUT2D eigenvalue weighted by Gasteiger charge is 2.20. The molecule has 1 saturated heterocycles. The molecule has 0 saturated carbocycles. The lowest BCUT2D eigenvalue weighted by Gasteiger charge is -2.32. The zero-order chi connectivity index (χ0) is 19.8. The third-order valence-corrected chi connectivity index (χ3v) is 6.03. The van der Waals surface area contributed by atoms with Gasteiger partial charge in [0.1, 0.15) is 5.75 Å². The fraction of sp³-hybridized carbons (Fsp3) is 0.409. The maximum Gasteiger partial charge on any atom is 0.319 e. The third-order valence-electron chi connectivity index (χ3n) is 5.19. The zero-order valence-electron chi connectivity index (χ0n) is 16.6. The minimum atomic E-state index is -0.151. The number of piperidine rings is 1. The molecule has 1 aliphatic heterocycles. The van der Waals surface area contributed by atoms with E-state index in [1.807, 2.05) is 36.0 Å². The Morgan fingerprint density at radius 3 is 2.54 bits per heavy atom. The summed E-state index contributed by atoms with van der Waals surface area (Å²) in [6.45, 7) is 3.89. The average Bonchev–Trinajstić information content (AvgIpc) is 2.74. The van der Waals surface area contributed by atoms with Gasteiger partial charge < -0.3 is 15.4 Å². The Hall–Kier alpha value is -2.18. The predicted octanol–water partition coefficient (Wildman–Crippen LogP) is 4.45. The number of methoxy groups -OCH3 is 1. The number of hydrogen-bond acceptors (Lipinski definition) is 4. The Kier molecular flexibility index (Phi) is 7.62. The molecule has 28 heavy (non-hydrogen) atoms. The quantitative estimate of drug-likeness (QED) is 0.676. The number of likely N-dealkylation sites (tertiary alicyclic amines) is 1. The second-order valence-electron chi connectivity index (χ2n) is 7.09. The average molecular weight is 400 g/mol. The molecule has 0 bridgehead atoms. The number of ether oxygens (including phenoxy) is 1. The molecular weight excluding hydrogens is 370 g/mol. The van der Waals surface area contributed by atoms with Crippen molar-refractivity contribution in [1.29, 1.82) is 0 Å². The molecule has 2 N–H and O–H groups in total. The molecule has 2 aromatic carbocycles. The van der Waals surface area contributed by atoms with Crippen LogP contribution in [0.25, 0.3) is 0 Å². The summed E-state index contributed by atoms with van der Waals surface area (Å²) in [5, 5.41) is 5.88. The minimum Gasteiger partial charge on any atom is -0.497 e. The Morgan fingerprint density at radius 1 is 1.14 bits per heavy atom. The van der Waals surface area contributed by atoms with Crippen molar-refractivity contribution in [2.45, 2.75) is 24.3 Å². The molecule has 0 atom stereocenters. The van der Waals surface area contributed by atoms with E-state index in [1.165, 1.54) is 10.5 Å². The number of anilines is 1. The molecule has 2 aromatic rings. The number of carbonyl (C=O) groups excluding carboxylic acids is 1. The number of hydrogen-bond donors (Lipinski definition) is 2. The lowest BCUT2D eigenvalue weighted by molar-refractivity contribution is 0.175. The summed E-state index contributed by atoms with van der Waals surface area (Å²) in [6, 6.07) is 15.8. The summed E-state index contributed by atoms with van der Waals surface area (Å²) in [4.78, 5) is 16.0. The van der Waals surface area contributed by atoms with E-state index in [0.29, 0.717) is 5.92 Å². The van der Waals surface area contributed by atoms with E-state index < -0.39 is 0 Å². The zero-order valence-corrected chi connectivity index (χ0v) is 17.4. The molecule has 1 heterocycles. The standard InChI is InChI=1S/C22H29N3O2S/c1-27-20-9-7-19(8-10-20)24-22(26)23-15-17-11-13-25(14-12-17)16-18-5-3-4-6-21(18)28-2/h3-10,17H,11-16H2,1-2H3,(H2,23,24,26). The molecule has 0 aliphatic carbocycles. The third kappa shape index (κ3) is 5.91. The predicted molar refractivity (Wildman–Crippen MR) is 116 cm³/mol. The molecule has 0 aromatic heterocycles. The Bertz CT molecular complexity index is 759. The van der Waals surface area contributed by atoms with E-state index in [4.69, 9.17) is 4.74 Å². The van der Waals surface area contributed by atoms with Crippen LogP contribution in [0.15, 0.2) is 53.4 Å². The van der Waals surface area contributed by atoms with Gasteiger partial charge in [0.25, 0.3) is 0 Å². The first-order valence-corrected chi connectivity index (χ1v) is 10.9. The normalized spacial score (nSPS) is 15.2. The fourth-order valence-corrected chi connectivity index (χ4v) is 4.12. The van der Waals surface area contributed by atoms with Crippen LogP contribution in [0.4, 0.5) is 10.5 Å². The summed E-state index contributed by atoms with van der Waals surface area (Å²) >= 11 is 1.81. The van der Waals surface area contributed by atoms with Crippen molar-refractivity contribution in [3.8, 4) is 5.75 Å². The largest absolute Gasteiger partial charge is 0.497 e. The van der Waals surface area contributed by atoms with Crippen molar-refractivity contribution in [3.05, 3.63) is 54.1 Å². The monoisotopic (exact) mass is 399 g/mol. The number of thioether (sulfide) groups is 1. The number of nitrogens with zero attached hydrogens (tertiary/aromatic N) is 1. The highest BCUT2D eigenvalue weighted by atomic mass is 32.2. The van der Waals surface area contributed by atoms with Gasteiger partial charge >= 0.3 is 6.03 Å². The van der Waals surface area contributed by atoms with Crippen LogP contribution in [0.5, 0.6) is 5.75 Å². The van der Waals surface area contributed by atoms with Crippen molar-refractivity contribution >= 4 is 23.5 Å². The molecule has 2 amide bonds. The number of carbonyl (C=O) groups is 1. The number of nitrogens with one attached hydrogen (secondary N) is 2. The van der Waals surface area contributed by atoms with Crippen LogP contribution in [0.1, 0.15) is 18.4 Å². The van der Waals surface area contributed by atoms with Crippen molar-refractivity contribution in [2.24, 2.45) is 5.92 Å². The maximum atomic E-state index is 12.1. The SMILES string of the molecule is COc1ccc(NC(=O)NCC2CCN(Cc3ccccc3SC)CC2)cc1. The van der Waals surface area contributed by atoms with Crippen molar-refractivity contribution in [3.63, 3.8) is 0 Å². The second kappa shape index (κ2) is 10.4. The fourth-order valence-electron chi connectivity index (χ4n) is 3.51. The topological polar surface area (TPSA) is 53.6 Å². The maximum absolute atomic E-state index is 12.1. The molecular formula is C22H29N3O2S. The molecule has 0 unspecified atom stereocenters. The summed E-state index contributed by atoms with van der Waals surface area (Å²) < 4.78 is 5.13. The Labute approximate surface area is 171 Å². The molecule has 0 spiro atoms. The van der Waals surface area contributed by atoms with E-state index in [2.05, 4.69) is 46.1 Å². The summed E-state index contributed by atoms with van der Waals surface area (Å²) in [5.41, 5.74) is 2.17. The van der Waals surface area contributed by atoms with Crippen molar-refractivity contribution in [1.82, 2.24) is 10.2 Å². The van der Waals surface area contributed by atoms with E-state index in [9.17, 15) is 4.79 Å². The van der Waals surface area contributed by atoms with Crippen molar-refractivity contribution in [2.75, 3.05) is 38.3 Å². The minimum absolute atomic E-state index is 0.151. The van der Waals surface area contributed by atoms with Gasteiger partial charge in [-0.15, -0.1) is 11.8 Å². The number of benzene rings is 2. The number of amides is 2. The second-order valence-corrected chi connectivity index (χ2v) is 7.94. The lowest BCUT2D eigenvalue weighted by Crippen LogP contribution is -2.39. The van der Waals surface area contributed by atoms with Gasteiger partial charge in [-0.3, -0.25) is 4.90 Å². The lowest BCUT2D eigenvalue weighted by atomic mass is 9.96. The van der Waals surface area contributed by atoms with Gasteiger partial charge in [-0.05, 0) is 74.0 Å². The highest BCUT2D eigenvalue weighted by molar-refractivity contribution is 7.98. The Morgan fingerprint density at radius 2 is 1.86 bits per heavy atom. The molecule has 1 fully saturated rings. The molecule has 1 aliphatic rings. The van der Waals surface area contributed by atoms with E-state index in [1.54, 1.807) is 7.11 Å². The van der Waals surface area contributed by atoms with Crippen LogP contribution >= 0.6 is 11.8 Å². The molecule has 5 nitrogen and oxygen atoms in total. The van der Waals surface area contributed by atoms with Gasteiger partial charge in [0.15, 0.2) is 0 Å². The van der Waals surface area contributed by atoms with Crippen LogP contribution in [0.2, 0.25) is 0 Å². The summed E-state index contributed by atoms with van der Waals surface area (Å²) in [6.07, 6.45) is 4.36. The van der Waals surface area contributed by atoms with Crippen LogP contribution in [-0.2, 0) is 6.54 Å². The van der Waals surface area contributed by atoms with Gasteiger partial charge in [0, 0.05) is 23.7 Å². The van der Waals surface area contributed by atoms with Crippen LogP contribution in [-0.4, -0.2) is 43.9 Å². The molecule has 0 radical (unpaired) electrons. The first-order chi connectivity index (χ1) is 13.7. The summed E-state index contributed by atoms with van der Waals surface area (Å²) in [7, 11) is 1.63. The van der Waals surface area contributed by atoms with E-state index >= 15 is 0 Å². The van der Waals surface area contributed by atoms with E-state index in [0.717, 1.165) is 50.5 Å². The van der Waals surface area contributed by atoms with Crippen molar-refractivity contribution < 1.29 is 9.53 Å². The smallest absolute Gasteiger partial charge is 0.319 e. The van der Waals surface area contributed by atoms with Gasteiger partial charge in [-0.25, -0.2) is 4.79 Å². The van der Waals surface area contributed by atoms with Gasteiger partial charge in [0.2, 0.25) is 0 Å².